The van der Waals surface area contributed by atoms with Gasteiger partial charge in [-0.15, -0.1) is 0 Å². The van der Waals surface area contributed by atoms with Crippen LogP contribution in [0.4, 0.5) is 13.2 Å². The molecule has 2 aromatic rings. The van der Waals surface area contributed by atoms with Gasteiger partial charge in [-0.3, -0.25) is 4.98 Å². The Morgan fingerprint density at radius 3 is 2.27 bits per heavy atom. The Morgan fingerprint density at radius 1 is 1.05 bits per heavy atom. The Morgan fingerprint density at radius 2 is 1.73 bits per heavy atom. The average Bonchev–Trinajstić information content (AvgIpc) is 2.44. The first-order valence-electron chi connectivity index (χ1n) is 5.70. The van der Waals surface area contributed by atoms with Crippen LogP contribution in [-0.2, 0) is 10.1 Å². The van der Waals surface area contributed by atoms with Gasteiger partial charge in [0.05, 0.1) is 25.9 Å². The van der Waals surface area contributed by atoms with Gasteiger partial charge in [-0.2, -0.15) is 21.6 Å². The second kappa shape index (κ2) is 5.52. The smallest absolute Gasteiger partial charge is 0.497 e. The Kier molecular flexibility index (Phi) is 4.05. The van der Waals surface area contributed by atoms with Gasteiger partial charge in [0.2, 0.25) is 0 Å². The Bertz CT molecular complexity index is 804. The maximum absolute atomic E-state index is 12.3. The van der Waals surface area contributed by atoms with Crippen molar-refractivity contribution in [2.45, 2.75) is 5.51 Å². The quantitative estimate of drug-likeness (QED) is 0.630. The predicted molar refractivity (Wildman–Crippen MR) is 70.4 cm³/mol. The van der Waals surface area contributed by atoms with Gasteiger partial charge in [-0.25, -0.2) is 0 Å². The van der Waals surface area contributed by atoms with Crippen LogP contribution >= 0.6 is 0 Å². The first-order chi connectivity index (χ1) is 10.2. The molecule has 0 spiro atoms. The molecule has 0 N–H and O–H groups in total. The molecule has 0 saturated carbocycles. The number of ether oxygens (including phenoxy) is 2. The van der Waals surface area contributed by atoms with Gasteiger partial charge in [0, 0.05) is 17.5 Å². The van der Waals surface area contributed by atoms with Crippen molar-refractivity contribution in [2.24, 2.45) is 0 Å². The molecule has 0 aliphatic carbocycles. The third-order valence-corrected chi connectivity index (χ3v) is 3.64. The molecule has 10 heteroatoms. The largest absolute Gasteiger partial charge is 0.534 e. The van der Waals surface area contributed by atoms with Crippen LogP contribution in [0.3, 0.4) is 0 Å². The van der Waals surface area contributed by atoms with Crippen molar-refractivity contribution in [1.29, 1.82) is 0 Å². The number of aromatic nitrogens is 1. The third kappa shape index (κ3) is 3.01. The van der Waals surface area contributed by atoms with Crippen LogP contribution < -0.4 is 13.7 Å². The maximum atomic E-state index is 12.3. The molecule has 1 aromatic heterocycles. The van der Waals surface area contributed by atoms with E-state index in [0.717, 1.165) is 12.3 Å². The lowest BCUT2D eigenvalue weighted by atomic mass is 10.2. The van der Waals surface area contributed by atoms with Crippen molar-refractivity contribution in [1.82, 2.24) is 4.98 Å². The number of alkyl halides is 3. The minimum absolute atomic E-state index is 0.247. The minimum Gasteiger partial charge on any atom is -0.497 e. The number of rotatable bonds is 4. The fourth-order valence-electron chi connectivity index (χ4n) is 1.66. The summed E-state index contributed by atoms with van der Waals surface area (Å²) in [5.41, 5.74) is -5.18. The van der Waals surface area contributed by atoms with Gasteiger partial charge in [-0.05, 0) is 6.07 Å². The fourth-order valence-corrected chi connectivity index (χ4v) is 2.10. The van der Waals surface area contributed by atoms with Crippen LogP contribution in [0, 0.1) is 0 Å². The second-order valence-corrected chi connectivity index (χ2v) is 5.59. The monoisotopic (exact) mass is 337 g/mol. The van der Waals surface area contributed by atoms with E-state index in [1.807, 2.05) is 0 Å². The van der Waals surface area contributed by atoms with Crippen molar-refractivity contribution >= 4 is 21.0 Å². The van der Waals surface area contributed by atoms with E-state index < -0.39 is 21.4 Å². The van der Waals surface area contributed by atoms with Crippen molar-refractivity contribution < 1.29 is 35.2 Å². The minimum atomic E-state index is -5.76. The van der Waals surface area contributed by atoms with Crippen LogP contribution in [0.1, 0.15) is 0 Å². The van der Waals surface area contributed by atoms with Gasteiger partial charge in [0.15, 0.2) is 5.75 Å². The summed E-state index contributed by atoms with van der Waals surface area (Å²) in [7, 11) is -2.99. The predicted octanol–water partition coefficient (Wildman–Crippen LogP) is 2.48. The third-order valence-electron chi connectivity index (χ3n) is 2.66. The number of halogens is 3. The maximum Gasteiger partial charge on any atom is 0.534 e. The standard InChI is InChI=1S/C12H10F3NO5S/c1-19-7-4-10-9(11(5-7)20-2)3-8(6-16-10)21-22(17,18)12(13,14)15/h3-6H,1-2H3. The zero-order valence-electron chi connectivity index (χ0n) is 11.3. The zero-order chi connectivity index (χ0) is 16.5. The molecule has 2 rings (SSSR count). The molecule has 0 saturated heterocycles. The number of nitrogens with zero attached hydrogens (tertiary/aromatic N) is 1. The molecule has 1 heterocycles. The number of benzene rings is 1. The normalized spacial score (nSPS) is 12.2. The summed E-state index contributed by atoms with van der Waals surface area (Å²) in [4.78, 5) is 3.85. The molecule has 0 amide bonds. The highest BCUT2D eigenvalue weighted by Crippen LogP contribution is 2.33. The number of methoxy groups -OCH3 is 2. The summed E-state index contributed by atoms with van der Waals surface area (Å²) in [5.74, 6) is 0.0958. The van der Waals surface area contributed by atoms with Crippen LogP contribution in [0.25, 0.3) is 10.9 Å². The van der Waals surface area contributed by atoms with Crippen LogP contribution in [-0.4, -0.2) is 33.1 Å². The number of hydrogen-bond donors (Lipinski definition) is 0. The Labute approximate surface area is 123 Å². The van der Waals surface area contributed by atoms with Gasteiger partial charge < -0.3 is 13.7 Å². The van der Waals surface area contributed by atoms with Crippen molar-refractivity contribution in [2.75, 3.05) is 14.2 Å². The van der Waals surface area contributed by atoms with Crippen LogP contribution in [0.15, 0.2) is 24.4 Å². The van der Waals surface area contributed by atoms with Crippen LogP contribution in [0.2, 0.25) is 0 Å². The van der Waals surface area contributed by atoms with Crippen LogP contribution in [0.5, 0.6) is 17.2 Å². The Hall–Kier alpha value is -2.23. The number of hydrogen-bond acceptors (Lipinski definition) is 6. The molecule has 0 radical (unpaired) electrons. The van der Waals surface area contributed by atoms with Gasteiger partial charge in [0.1, 0.15) is 11.5 Å². The molecule has 0 fully saturated rings. The van der Waals surface area contributed by atoms with Gasteiger partial charge in [0.25, 0.3) is 0 Å². The molecule has 22 heavy (non-hydrogen) atoms. The zero-order valence-corrected chi connectivity index (χ0v) is 12.2. The number of fused-ring (bicyclic) bond motifs is 1. The van der Waals surface area contributed by atoms with E-state index in [1.54, 1.807) is 0 Å². The fraction of sp³-hybridized carbons (Fsp3) is 0.250. The molecule has 0 unspecified atom stereocenters. The molecule has 0 bridgehead atoms. The van der Waals surface area contributed by atoms with Crippen molar-refractivity contribution in [3.8, 4) is 17.2 Å². The molecule has 0 aliphatic heterocycles. The lowest BCUT2D eigenvalue weighted by molar-refractivity contribution is -0.0500. The highest BCUT2D eigenvalue weighted by Gasteiger charge is 2.48. The molecular weight excluding hydrogens is 327 g/mol. The van der Waals surface area contributed by atoms with E-state index in [2.05, 4.69) is 9.17 Å². The molecule has 6 nitrogen and oxygen atoms in total. The summed E-state index contributed by atoms with van der Waals surface area (Å²) in [6.45, 7) is 0. The summed E-state index contributed by atoms with van der Waals surface area (Å²) in [6, 6.07) is 4.08. The van der Waals surface area contributed by atoms with E-state index >= 15 is 0 Å². The first-order valence-corrected chi connectivity index (χ1v) is 7.11. The summed E-state index contributed by atoms with van der Waals surface area (Å²) in [6.07, 6.45) is 0.866. The molecular formula is C12H10F3NO5S. The summed E-state index contributed by atoms with van der Waals surface area (Å²) < 4.78 is 73.0. The van der Waals surface area contributed by atoms with E-state index in [0.29, 0.717) is 11.3 Å². The Balaban J connectivity index is 2.51. The average molecular weight is 337 g/mol. The van der Waals surface area contributed by atoms with E-state index in [9.17, 15) is 21.6 Å². The molecule has 120 valence electrons. The summed E-state index contributed by atoms with van der Waals surface area (Å²) >= 11 is 0. The van der Waals surface area contributed by atoms with E-state index in [4.69, 9.17) is 9.47 Å². The molecule has 0 aliphatic rings. The number of pyridine rings is 1. The summed E-state index contributed by atoms with van der Waals surface area (Å²) in [5, 5.41) is 0.276. The topological polar surface area (TPSA) is 74.7 Å². The highest BCUT2D eigenvalue weighted by atomic mass is 32.2. The van der Waals surface area contributed by atoms with E-state index in [1.165, 1.54) is 26.4 Å². The van der Waals surface area contributed by atoms with E-state index in [-0.39, 0.29) is 11.1 Å². The van der Waals surface area contributed by atoms with Crippen molar-refractivity contribution in [3.63, 3.8) is 0 Å². The highest BCUT2D eigenvalue weighted by molar-refractivity contribution is 7.88. The molecule has 0 atom stereocenters. The van der Waals surface area contributed by atoms with Gasteiger partial charge in [-0.1, -0.05) is 0 Å². The van der Waals surface area contributed by atoms with Gasteiger partial charge >= 0.3 is 15.6 Å². The first kappa shape index (κ1) is 16.1. The SMILES string of the molecule is COc1cc(OC)c2cc(OS(=O)(=O)C(F)(F)F)cnc2c1. The lowest BCUT2D eigenvalue weighted by Gasteiger charge is -2.11. The second-order valence-electron chi connectivity index (χ2n) is 4.05. The van der Waals surface area contributed by atoms with Crippen molar-refractivity contribution in [3.05, 3.63) is 24.4 Å². The lowest BCUT2D eigenvalue weighted by Crippen LogP contribution is -2.28. The molecule has 1 aromatic carbocycles.